The Bertz CT molecular complexity index is 605. The van der Waals surface area contributed by atoms with Crippen molar-refractivity contribution in [3.05, 3.63) is 40.4 Å². The molecule has 0 radical (unpaired) electrons. The minimum absolute atomic E-state index is 0.554. The van der Waals surface area contributed by atoms with Crippen molar-refractivity contribution in [2.45, 2.75) is 25.3 Å². The molecule has 0 atom stereocenters. The molecule has 0 amide bonds. The van der Waals surface area contributed by atoms with Gasteiger partial charge in [0.25, 0.3) is 0 Å². The predicted octanol–water partition coefficient (Wildman–Crippen LogP) is 3.69. The van der Waals surface area contributed by atoms with Crippen LogP contribution in [0.25, 0.3) is 10.6 Å². The summed E-state index contributed by atoms with van der Waals surface area (Å²) in [7, 11) is 1.90. The fraction of sp³-hybridized carbons (Fsp3) is 0.357. The largest absolute Gasteiger partial charge is 0.315 e. The van der Waals surface area contributed by atoms with Crippen LogP contribution in [0.5, 0.6) is 0 Å². The van der Waals surface area contributed by atoms with Gasteiger partial charge in [0.15, 0.2) is 11.6 Å². The Morgan fingerprint density at radius 2 is 2.11 bits per heavy atom. The zero-order chi connectivity index (χ0) is 13.4. The Kier molecular flexibility index (Phi) is 3.33. The zero-order valence-electron chi connectivity index (χ0n) is 10.5. The van der Waals surface area contributed by atoms with Crippen LogP contribution in [0.3, 0.4) is 0 Å². The van der Waals surface area contributed by atoms with Crippen LogP contribution in [-0.4, -0.2) is 12.0 Å². The molecule has 2 aromatic rings. The molecule has 1 aromatic heterocycles. The summed E-state index contributed by atoms with van der Waals surface area (Å²) < 4.78 is 26.2. The number of nitrogens with one attached hydrogen (secondary N) is 1. The highest BCUT2D eigenvalue weighted by Gasteiger charge is 2.29. The first-order chi connectivity index (χ1) is 9.19. The maximum Gasteiger partial charge on any atom is 0.159 e. The van der Waals surface area contributed by atoms with E-state index in [0.29, 0.717) is 11.5 Å². The van der Waals surface area contributed by atoms with Gasteiger partial charge >= 0.3 is 0 Å². The second-order valence-electron chi connectivity index (χ2n) is 4.76. The Labute approximate surface area is 114 Å². The number of nitrogens with zero attached hydrogens (tertiary/aromatic N) is 1. The van der Waals surface area contributed by atoms with E-state index in [0.717, 1.165) is 23.3 Å². The molecule has 0 unspecified atom stereocenters. The van der Waals surface area contributed by atoms with E-state index in [1.807, 2.05) is 7.05 Å². The highest BCUT2D eigenvalue weighted by Crippen LogP contribution is 2.44. The Balaban J connectivity index is 1.99. The molecule has 100 valence electrons. The molecular weight excluding hydrogens is 266 g/mol. The van der Waals surface area contributed by atoms with Crippen molar-refractivity contribution in [3.63, 3.8) is 0 Å². The van der Waals surface area contributed by atoms with Crippen LogP contribution < -0.4 is 5.32 Å². The summed E-state index contributed by atoms with van der Waals surface area (Å²) in [6.07, 6.45) is 2.36. The molecule has 0 aliphatic heterocycles. The van der Waals surface area contributed by atoms with Gasteiger partial charge in [0, 0.05) is 22.9 Å². The van der Waals surface area contributed by atoms with Crippen LogP contribution in [0.4, 0.5) is 8.78 Å². The van der Waals surface area contributed by atoms with Crippen LogP contribution in [0.15, 0.2) is 18.2 Å². The van der Waals surface area contributed by atoms with Gasteiger partial charge in [-0.3, -0.25) is 0 Å². The molecule has 19 heavy (non-hydrogen) atoms. The summed E-state index contributed by atoms with van der Waals surface area (Å²) in [6.45, 7) is 0.771. The highest BCUT2D eigenvalue weighted by molar-refractivity contribution is 7.15. The second-order valence-corrected chi connectivity index (χ2v) is 5.84. The monoisotopic (exact) mass is 280 g/mol. The van der Waals surface area contributed by atoms with Crippen molar-refractivity contribution >= 4 is 11.3 Å². The average Bonchev–Trinajstić information content (AvgIpc) is 3.15. The van der Waals surface area contributed by atoms with Crippen LogP contribution in [-0.2, 0) is 6.54 Å². The molecule has 1 aromatic carbocycles. The Morgan fingerprint density at radius 1 is 1.32 bits per heavy atom. The molecule has 2 nitrogen and oxygen atoms in total. The van der Waals surface area contributed by atoms with E-state index in [9.17, 15) is 8.78 Å². The molecule has 0 bridgehead atoms. The molecule has 1 heterocycles. The third-order valence-electron chi connectivity index (χ3n) is 3.20. The predicted molar refractivity (Wildman–Crippen MR) is 72.2 cm³/mol. The second kappa shape index (κ2) is 4.98. The van der Waals surface area contributed by atoms with Crippen molar-refractivity contribution in [1.29, 1.82) is 0 Å². The van der Waals surface area contributed by atoms with E-state index in [1.54, 1.807) is 17.4 Å². The molecular formula is C14H14F2N2S. The minimum Gasteiger partial charge on any atom is -0.315 e. The minimum atomic E-state index is -0.823. The molecule has 0 spiro atoms. The third kappa shape index (κ3) is 2.53. The van der Waals surface area contributed by atoms with Gasteiger partial charge < -0.3 is 5.32 Å². The molecule has 1 aliphatic rings. The molecule has 1 saturated carbocycles. The first-order valence-electron chi connectivity index (χ1n) is 6.28. The van der Waals surface area contributed by atoms with Gasteiger partial charge in [-0.05, 0) is 38.1 Å². The van der Waals surface area contributed by atoms with Crippen LogP contribution in [0.2, 0.25) is 0 Å². The summed E-state index contributed by atoms with van der Waals surface area (Å²) in [5.41, 5.74) is 1.77. The first-order valence-corrected chi connectivity index (χ1v) is 7.10. The van der Waals surface area contributed by atoms with Crippen molar-refractivity contribution in [2.24, 2.45) is 0 Å². The highest BCUT2D eigenvalue weighted by atomic mass is 32.1. The normalized spacial score (nSPS) is 14.9. The zero-order valence-corrected chi connectivity index (χ0v) is 11.4. The number of benzene rings is 1. The molecule has 1 fully saturated rings. The van der Waals surface area contributed by atoms with E-state index in [4.69, 9.17) is 0 Å². The quantitative estimate of drug-likeness (QED) is 0.924. The van der Waals surface area contributed by atoms with Gasteiger partial charge in [-0.1, -0.05) is 0 Å². The number of aromatic nitrogens is 1. The van der Waals surface area contributed by atoms with E-state index >= 15 is 0 Å². The average molecular weight is 280 g/mol. The fourth-order valence-electron chi connectivity index (χ4n) is 2.08. The van der Waals surface area contributed by atoms with Gasteiger partial charge in [-0.25, -0.2) is 13.8 Å². The number of hydrogen-bond donors (Lipinski definition) is 1. The summed E-state index contributed by atoms with van der Waals surface area (Å²) >= 11 is 1.56. The molecule has 5 heteroatoms. The van der Waals surface area contributed by atoms with Crippen molar-refractivity contribution < 1.29 is 8.78 Å². The summed E-state index contributed by atoms with van der Waals surface area (Å²) in [4.78, 5) is 5.82. The fourth-order valence-corrected chi connectivity index (χ4v) is 3.23. The summed E-state index contributed by atoms with van der Waals surface area (Å²) in [6, 6.07) is 3.95. The molecule has 1 N–H and O–H groups in total. The van der Waals surface area contributed by atoms with Crippen molar-refractivity contribution in [1.82, 2.24) is 10.3 Å². The SMILES string of the molecule is CNCc1sc(-c2ccc(F)c(F)c2)nc1C1CC1. The van der Waals surface area contributed by atoms with Crippen LogP contribution in [0.1, 0.15) is 29.3 Å². The van der Waals surface area contributed by atoms with Gasteiger partial charge in [0.1, 0.15) is 5.01 Å². The Morgan fingerprint density at radius 3 is 2.74 bits per heavy atom. The van der Waals surface area contributed by atoms with Crippen molar-refractivity contribution in [3.8, 4) is 10.6 Å². The van der Waals surface area contributed by atoms with E-state index in [2.05, 4.69) is 10.3 Å². The van der Waals surface area contributed by atoms with Crippen LogP contribution in [0, 0.1) is 11.6 Å². The van der Waals surface area contributed by atoms with Gasteiger partial charge in [-0.2, -0.15) is 0 Å². The van der Waals surface area contributed by atoms with Gasteiger partial charge in [-0.15, -0.1) is 11.3 Å². The van der Waals surface area contributed by atoms with Crippen molar-refractivity contribution in [2.75, 3.05) is 7.05 Å². The molecule has 1 aliphatic carbocycles. The maximum absolute atomic E-state index is 13.3. The lowest BCUT2D eigenvalue weighted by molar-refractivity contribution is 0.509. The van der Waals surface area contributed by atoms with Gasteiger partial charge in [0.05, 0.1) is 5.69 Å². The number of rotatable bonds is 4. The van der Waals surface area contributed by atoms with Crippen LogP contribution >= 0.6 is 11.3 Å². The summed E-state index contributed by atoms with van der Waals surface area (Å²) in [5, 5.41) is 3.90. The van der Waals surface area contributed by atoms with E-state index in [-0.39, 0.29) is 0 Å². The lowest BCUT2D eigenvalue weighted by atomic mass is 10.2. The third-order valence-corrected chi connectivity index (χ3v) is 4.32. The Hall–Kier alpha value is -1.33. The van der Waals surface area contributed by atoms with Gasteiger partial charge in [0.2, 0.25) is 0 Å². The standard InChI is InChI=1S/C14H14F2N2S/c1-17-7-12-13(8-2-3-8)18-14(19-12)9-4-5-10(15)11(16)6-9/h4-6,8,17H,2-3,7H2,1H3. The number of thiazole rings is 1. The topological polar surface area (TPSA) is 24.9 Å². The van der Waals surface area contributed by atoms with E-state index < -0.39 is 11.6 Å². The smallest absolute Gasteiger partial charge is 0.159 e. The lowest BCUT2D eigenvalue weighted by Crippen LogP contribution is -2.05. The number of halogens is 2. The maximum atomic E-state index is 13.3. The first kappa shape index (κ1) is 12.7. The lowest BCUT2D eigenvalue weighted by Gasteiger charge is -1.97. The summed E-state index contributed by atoms with van der Waals surface area (Å²) in [5.74, 6) is -1.09. The number of hydrogen-bond acceptors (Lipinski definition) is 3. The molecule has 3 rings (SSSR count). The molecule has 0 saturated heterocycles. The van der Waals surface area contributed by atoms with E-state index in [1.165, 1.54) is 23.8 Å².